The standard InChI is InChI=1S/C14H28N4O2/c1-14(2,3)18-12(19)9-17-13(15-4)16-7-8-20-10-11-5-6-11/h11H,5-10H2,1-4H3,(H,18,19)(H2,15,16,17). The van der Waals surface area contributed by atoms with E-state index in [9.17, 15) is 4.79 Å². The van der Waals surface area contributed by atoms with Crippen molar-refractivity contribution < 1.29 is 9.53 Å². The van der Waals surface area contributed by atoms with E-state index in [4.69, 9.17) is 4.74 Å². The molecule has 0 aromatic rings. The Bertz CT molecular complexity index is 333. The highest BCUT2D eigenvalue weighted by Gasteiger charge is 2.20. The summed E-state index contributed by atoms with van der Waals surface area (Å²) >= 11 is 0. The molecular weight excluding hydrogens is 256 g/mol. The van der Waals surface area contributed by atoms with Gasteiger partial charge >= 0.3 is 0 Å². The number of hydrogen-bond donors (Lipinski definition) is 3. The Hall–Kier alpha value is -1.30. The van der Waals surface area contributed by atoms with Gasteiger partial charge in [0.1, 0.15) is 0 Å². The average molecular weight is 284 g/mol. The molecule has 0 radical (unpaired) electrons. The van der Waals surface area contributed by atoms with Gasteiger partial charge in [0, 0.05) is 25.7 Å². The molecule has 20 heavy (non-hydrogen) atoms. The Morgan fingerprint density at radius 1 is 1.30 bits per heavy atom. The minimum atomic E-state index is -0.216. The number of hydrogen-bond acceptors (Lipinski definition) is 3. The topological polar surface area (TPSA) is 74.8 Å². The summed E-state index contributed by atoms with van der Waals surface area (Å²) in [6.45, 7) is 8.28. The van der Waals surface area contributed by atoms with Crippen molar-refractivity contribution in [1.82, 2.24) is 16.0 Å². The van der Waals surface area contributed by atoms with Crippen molar-refractivity contribution in [1.29, 1.82) is 0 Å². The minimum absolute atomic E-state index is 0.0505. The molecule has 1 aliphatic carbocycles. The number of carbonyl (C=O) groups is 1. The van der Waals surface area contributed by atoms with Crippen LogP contribution in [0.1, 0.15) is 33.6 Å². The molecule has 0 unspecified atom stereocenters. The Balaban J connectivity index is 2.07. The van der Waals surface area contributed by atoms with E-state index in [1.54, 1.807) is 7.05 Å². The lowest BCUT2D eigenvalue weighted by molar-refractivity contribution is -0.121. The van der Waals surface area contributed by atoms with E-state index >= 15 is 0 Å². The van der Waals surface area contributed by atoms with Gasteiger partial charge in [-0.15, -0.1) is 0 Å². The third-order valence-corrected chi connectivity index (χ3v) is 2.74. The van der Waals surface area contributed by atoms with Crippen LogP contribution in [0.3, 0.4) is 0 Å². The largest absolute Gasteiger partial charge is 0.379 e. The monoisotopic (exact) mass is 284 g/mol. The van der Waals surface area contributed by atoms with Gasteiger partial charge in [-0.2, -0.15) is 0 Å². The molecule has 0 bridgehead atoms. The Morgan fingerprint density at radius 2 is 2.00 bits per heavy atom. The summed E-state index contributed by atoms with van der Waals surface area (Å²) in [4.78, 5) is 15.7. The first-order chi connectivity index (χ1) is 9.40. The van der Waals surface area contributed by atoms with Crippen LogP contribution in [0.4, 0.5) is 0 Å². The van der Waals surface area contributed by atoms with Crippen molar-refractivity contribution in [2.45, 2.75) is 39.2 Å². The third kappa shape index (κ3) is 8.74. The van der Waals surface area contributed by atoms with Crippen molar-refractivity contribution in [3.05, 3.63) is 0 Å². The molecule has 1 fully saturated rings. The molecule has 116 valence electrons. The van der Waals surface area contributed by atoms with Crippen molar-refractivity contribution in [3.63, 3.8) is 0 Å². The molecule has 0 spiro atoms. The van der Waals surface area contributed by atoms with Crippen LogP contribution in [0, 0.1) is 5.92 Å². The van der Waals surface area contributed by atoms with Gasteiger partial charge in [0.05, 0.1) is 13.2 Å². The van der Waals surface area contributed by atoms with E-state index in [-0.39, 0.29) is 18.0 Å². The lowest BCUT2D eigenvalue weighted by atomic mass is 10.1. The van der Waals surface area contributed by atoms with Crippen LogP contribution >= 0.6 is 0 Å². The van der Waals surface area contributed by atoms with E-state index < -0.39 is 0 Å². The van der Waals surface area contributed by atoms with Crippen molar-refractivity contribution in [3.8, 4) is 0 Å². The van der Waals surface area contributed by atoms with Gasteiger partial charge in [0.25, 0.3) is 0 Å². The SMILES string of the molecule is CN=C(NCCOCC1CC1)NCC(=O)NC(C)(C)C. The van der Waals surface area contributed by atoms with Crippen molar-refractivity contribution >= 4 is 11.9 Å². The molecule has 1 aliphatic rings. The maximum Gasteiger partial charge on any atom is 0.239 e. The highest BCUT2D eigenvalue weighted by molar-refractivity contribution is 5.86. The number of nitrogens with one attached hydrogen (secondary N) is 3. The molecular formula is C14H28N4O2. The minimum Gasteiger partial charge on any atom is -0.379 e. The molecule has 1 saturated carbocycles. The molecule has 1 amide bonds. The summed E-state index contributed by atoms with van der Waals surface area (Å²) in [6.07, 6.45) is 2.61. The molecule has 6 heteroatoms. The maximum atomic E-state index is 11.7. The second kappa shape index (κ2) is 8.09. The number of ether oxygens (including phenoxy) is 1. The van der Waals surface area contributed by atoms with Crippen LogP contribution in [-0.4, -0.2) is 50.8 Å². The Kier molecular flexibility index (Phi) is 6.78. The zero-order chi connectivity index (χ0) is 15.0. The van der Waals surface area contributed by atoms with Gasteiger partial charge in [-0.25, -0.2) is 0 Å². The number of amides is 1. The molecule has 6 nitrogen and oxygen atoms in total. The second-order valence-corrected chi connectivity index (χ2v) is 6.17. The summed E-state index contributed by atoms with van der Waals surface area (Å²) in [5.74, 6) is 1.35. The molecule has 1 rings (SSSR count). The first-order valence-electron chi connectivity index (χ1n) is 7.24. The fourth-order valence-electron chi connectivity index (χ4n) is 1.62. The second-order valence-electron chi connectivity index (χ2n) is 6.17. The predicted octanol–water partition coefficient (Wildman–Crippen LogP) is 0.493. The van der Waals surface area contributed by atoms with Crippen LogP contribution < -0.4 is 16.0 Å². The molecule has 0 aromatic carbocycles. The van der Waals surface area contributed by atoms with Crippen LogP contribution in [0.5, 0.6) is 0 Å². The summed E-state index contributed by atoms with van der Waals surface area (Å²) < 4.78 is 5.52. The Morgan fingerprint density at radius 3 is 2.55 bits per heavy atom. The average Bonchev–Trinajstić information content (AvgIpc) is 3.14. The molecule has 0 aromatic heterocycles. The first kappa shape index (κ1) is 16.8. The van der Waals surface area contributed by atoms with E-state index in [0.717, 1.165) is 12.5 Å². The molecule has 0 saturated heterocycles. The van der Waals surface area contributed by atoms with Gasteiger partial charge in [0.2, 0.25) is 5.91 Å². The highest BCUT2D eigenvalue weighted by Crippen LogP contribution is 2.28. The summed E-state index contributed by atoms with van der Waals surface area (Å²) in [6, 6.07) is 0. The number of guanidine groups is 1. The third-order valence-electron chi connectivity index (χ3n) is 2.74. The number of aliphatic imine (C=N–C) groups is 1. The van der Waals surface area contributed by atoms with Crippen LogP contribution in [-0.2, 0) is 9.53 Å². The summed E-state index contributed by atoms with van der Waals surface area (Å²) in [5.41, 5.74) is -0.216. The van der Waals surface area contributed by atoms with Crippen molar-refractivity contribution in [2.75, 3.05) is 33.4 Å². The van der Waals surface area contributed by atoms with Gasteiger partial charge in [-0.1, -0.05) is 0 Å². The predicted molar refractivity (Wildman–Crippen MR) is 80.8 cm³/mol. The summed E-state index contributed by atoms with van der Waals surface area (Å²) in [5, 5.41) is 8.98. The normalized spacial score (nSPS) is 15.9. The maximum absolute atomic E-state index is 11.7. The van der Waals surface area contributed by atoms with E-state index in [2.05, 4.69) is 20.9 Å². The molecule has 0 heterocycles. The lowest BCUT2D eigenvalue weighted by Crippen LogP contribution is -2.48. The van der Waals surface area contributed by atoms with E-state index in [1.165, 1.54) is 12.8 Å². The molecule has 3 N–H and O–H groups in total. The highest BCUT2D eigenvalue weighted by atomic mass is 16.5. The van der Waals surface area contributed by atoms with Gasteiger partial charge in [0.15, 0.2) is 5.96 Å². The molecule has 0 aliphatic heterocycles. The smallest absolute Gasteiger partial charge is 0.239 e. The Labute approximate surface area is 121 Å². The van der Waals surface area contributed by atoms with Crippen LogP contribution in [0.2, 0.25) is 0 Å². The van der Waals surface area contributed by atoms with E-state index in [1.807, 2.05) is 20.8 Å². The fraction of sp³-hybridized carbons (Fsp3) is 0.857. The van der Waals surface area contributed by atoms with Gasteiger partial charge < -0.3 is 20.7 Å². The zero-order valence-electron chi connectivity index (χ0n) is 13.1. The quantitative estimate of drug-likeness (QED) is 0.361. The van der Waals surface area contributed by atoms with Crippen LogP contribution in [0.15, 0.2) is 4.99 Å². The van der Waals surface area contributed by atoms with Crippen molar-refractivity contribution in [2.24, 2.45) is 10.9 Å². The summed E-state index contributed by atoms with van der Waals surface area (Å²) in [7, 11) is 1.68. The number of carbonyl (C=O) groups excluding carboxylic acids is 1. The molecule has 0 atom stereocenters. The first-order valence-corrected chi connectivity index (χ1v) is 7.24. The zero-order valence-corrected chi connectivity index (χ0v) is 13.1. The van der Waals surface area contributed by atoms with E-state index in [0.29, 0.717) is 19.1 Å². The number of nitrogens with zero attached hydrogens (tertiary/aromatic N) is 1. The lowest BCUT2D eigenvalue weighted by Gasteiger charge is -2.21. The van der Waals surface area contributed by atoms with Gasteiger partial charge in [-0.3, -0.25) is 9.79 Å². The number of rotatable bonds is 7. The fourth-order valence-corrected chi connectivity index (χ4v) is 1.62. The van der Waals surface area contributed by atoms with Gasteiger partial charge in [-0.05, 0) is 39.5 Å². The van der Waals surface area contributed by atoms with Crippen LogP contribution in [0.25, 0.3) is 0 Å².